The Morgan fingerprint density at radius 3 is 1.69 bits per heavy atom. The summed E-state index contributed by atoms with van der Waals surface area (Å²) in [5.41, 5.74) is -4.07. The van der Waals surface area contributed by atoms with Crippen molar-refractivity contribution in [3.8, 4) is 0 Å². The molecule has 1 aliphatic heterocycles. The number of hydrazine groups is 1. The number of hydrogen-bond donors (Lipinski definition) is 0. The Morgan fingerprint density at radius 1 is 0.923 bits per heavy atom. The van der Waals surface area contributed by atoms with Gasteiger partial charge in [-0.15, -0.1) is 0 Å². The third-order valence-electron chi connectivity index (χ3n) is 2.84. The minimum Gasteiger partial charge on any atom is -0.497 e. The Hall–Kier alpha value is -4.10. The molecule has 26 heavy (non-hydrogen) atoms. The number of benzene rings is 1. The third kappa shape index (κ3) is 4.95. The summed E-state index contributed by atoms with van der Waals surface area (Å²) < 4.78 is 4.80. The number of nitro groups is 4. The van der Waals surface area contributed by atoms with E-state index >= 15 is 0 Å². The summed E-state index contributed by atoms with van der Waals surface area (Å²) in [6, 6.07) is 0.838. The minimum atomic E-state index is -1.17. The predicted molar refractivity (Wildman–Crippen MR) is 86.0 cm³/mol. The van der Waals surface area contributed by atoms with E-state index in [1.165, 1.54) is 0 Å². The number of allylic oxidation sites excluding steroid dienone is 2. The van der Waals surface area contributed by atoms with Crippen LogP contribution in [-0.2, 0) is 4.74 Å². The van der Waals surface area contributed by atoms with Crippen molar-refractivity contribution in [3.05, 3.63) is 77.1 Å². The normalized spacial score (nSPS) is 11.6. The zero-order valence-corrected chi connectivity index (χ0v) is 13.1. The molecule has 0 saturated carbocycles. The highest BCUT2D eigenvalue weighted by molar-refractivity contribution is 5.76. The Labute approximate surface area is 144 Å². The van der Waals surface area contributed by atoms with Gasteiger partial charge in [0.1, 0.15) is 6.61 Å². The Morgan fingerprint density at radius 2 is 1.46 bits per heavy atom. The van der Waals surface area contributed by atoms with Crippen molar-refractivity contribution < 1.29 is 24.5 Å². The monoisotopic (exact) mass is 369 g/mol. The topological polar surface area (TPSA) is 185 Å². The summed E-state index contributed by atoms with van der Waals surface area (Å²) in [4.78, 5) is 39.4. The van der Waals surface area contributed by atoms with Crippen LogP contribution in [0.4, 0.5) is 22.7 Å². The summed E-state index contributed by atoms with van der Waals surface area (Å²) in [6.45, 7) is 0.733. The maximum atomic E-state index is 10.8. The van der Waals surface area contributed by atoms with Gasteiger partial charge in [0.2, 0.25) is 0 Å². The van der Waals surface area contributed by atoms with Crippen LogP contribution in [-0.4, -0.2) is 33.5 Å². The molecule has 14 heteroatoms. The van der Waals surface area contributed by atoms with Gasteiger partial charge in [-0.05, 0) is 12.2 Å². The highest BCUT2D eigenvalue weighted by Gasteiger charge is 2.37. The molecule has 0 radical (unpaired) electrons. The van der Waals surface area contributed by atoms with Crippen molar-refractivity contribution in [2.45, 2.75) is 0 Å². The van der Waals surface area contributed by atoms with E-state index < -0.39 is 42.6 Å². The molecule has 0 bridgehead atoms. The Bertz CT molecular complexity index is 757. The molecule has 0 fully saturated rings. The summed E-state index contributed by atoms with van der Waals surface area (Å²) in [5, 5.41) is 41.7. The second-order valence-electron chi connectivity index (χ2n) is 4.46. The van der Waals surface area contributed by atoms with Crippen LogP contribution in [0.3, 0.4) is 0 Å². The number of anilines is 1. The molecular weight excluding hydrogens is 358 g/mol. The number of ether oxygens (including phenoxy) is 1. The van der Waals surface area contributed by atoms with E-state index in [1.807, 2.05) is 18.2 Å². The van der Waals surface area contributed by atoms with Crippen LogP contribution in [0.2, 0.25) is 0 Å². The number of non-ortho nitro benzene ring substituents is 1. The third-order valence-corrected chi connectivity index (χ3v) is 2.84. The first-order valence-electron chi connectivity index (χ1n) is 6.59. The number of rotatable bonds is 5. The molecule has 0 atom stereocenters. The van der Waals surface area contributed by atoms with E-state index in [2.05, 4.69) is 0 Å². The van der Waals surface area contributed by atoms with Crippen molar-refractivity contribution in [2.24, 2.45) is 0 Å². The number of nitrogens with zero attached hydrogens (tertiary/aromatic N) is 5. The summed E-state index contributed by atoms with van der Waals surface area (Å²) >= 11 is 0. The minimum absolute atomic E-state index is 0.0555. The quantitative estimate of drug-likeness (QED) is 0.549. The van der Waals surface area contributed by atoms with Crippen LogP contribution in [0.1, 0.15) is 0 Å². The van der Waals surface area contributed by atoms with Crippen molar-refractivity contribution >= 4 is 22.7 Å². The van der Waals surface area contributed by atoms with Crippen LogP contribution in [0.5, 0.6) is 0 Å². The molecule has 1 heterocycles. The first-order chi connectivity index (χ1) is 12.2. The zero-order chi connectivity index (χ0) is 19.9. The predicted octanol–water partition coefficient (Wildman–Crippen LogP) is 2.13. The number of hydrogen-bond acceptors (Lipinski definition) is 9. The standard InChI is InChI=1S/C7H5N5O8.C5H6O/c1-8(12(19)20)7-5(10(15)16)2-4(9(13)14)3-6(7)11(17)18;1-2-4-6-5-3-1/h2-3H,1H3;1-4H,5H2. The lowest BCUT2D eigenvalue weighted by Gasteiger charge is -2.08. The Kier molecular flexibility index (Phi) is 6.65. The maximum absolute atomic E-state index is 10.8. The first-order valence-corrected chi connectivity index (χ1v) is 6.59. The van der Waals surface area contributed by atoms with E-state index in [0.29, 0.717) is 12.1 Å². The van der Waals surface area contributed by atoms with Gasteiger partial charge in [0.05, 0.1) is 40.2 Å². The van der Waals surface area contributed by atoms with E-state index in [1.54, 1.807) is 6.26 Å². The average molecular weight is 369 g/mol. The molecule has 0 unspecified atom stereocenters. The van der Waals surface area contributed by atoms with Crippen molar-refractivity contribution in [1.29, 1.82) is 0 Å². The molecule has 138 valence electrons. The van der Waals surface area contributed by atoms with Gasteiger partial charge in [0.15, 0.2) is 5.03 Å². The molecular formula is C12H11N5O9. The molecule has 0 amide bonds. The highest BCUT2D eigenvalue weighted by atomic mass is 16.7. The van der Waals surface area contributed by atoms with Crippen LogP contribution >= 0.6 is 0 Å². The van der Waals surface area contributed by atoms with Crippen molar-refractivity contribution in [2.75, 3.05) is 18.7 Å². The largest absolute Gasteiger partial charge is 0.497 e. The molecule has 0 aliphatic carbocycles. The lowest BCUT2D eigenvalue weighted by molar-refractivity contribution is -0.493. The Balaban J connectivity index is 0.000000472. The zero-order valence-electron chi connectivity index (χ0n) is 13.1. The smallest absolute Gasteiger partial charge is 0.312 e. The van der Waals surface area contributed by atoms with Gasteiger partial charge < -0.3 is 4.74 Å². The summed E-state index contributed by atoms with van der Waals surface area (Å²) in [7, 11) is 0.751. The molecule has 14 nitrogen and oxygen atoms in total. The van der Waals surface area contributed by atoms with Gasteiger partial charge in [-0.2, -0.15) is 0 Å². The van der Waals surface area contributed by atoms with E-state index in [9.17, 15) is 40.5 Å². The van der Waals surface area contributed by atoms with Gasteiger partial charge in [-0.25, -0.2) is 10.1 Å². The van der Waals surface area contributed by atoms with Crippen molar-refractivity contribution in [1.82, 2.24) is 0 Å². The van der Waals surface area contributed by atoms with Crippen LogP contribution < -0.4 is 5.01 Å². The summed E-state index contributed by atoms with van der Waals surface area (Å²) in [6.07, 6.45) is 7.47. The SMILES string of the molecule is C1=CCOC=C1.CN(c1c([N+](=O)[O-])cc([N+](=O)[O-])cc1[N+](=O)[O-])[N+](=O)[O-]. The second kappa shape index (κ2) is 8.67. The fourth-order valence-corrected chi connectivity index (χ4v) is 1.73. The molecule has 2 rings (SSSR count). The van der Waals surface area contributed by atoms with Crippen LogP contribution in [0, 0.1) is 40.5 Å². The molecule has 1 aromatic carbocycles. The fourth-order valence-electron chi connectivity index (χ4n) is 1.73. The number of nitro benzene ring substituents is 3. The van der Waals surface area contributed by atoms with Gasteiger partial charge in [-0.3, -0.25) is 30.3 Å². The van der Waals surface area contributed by atoms with Gasteiger partial charge >= 0.3 is 11.4 Å². The van der Waals surface area contributed by atoms with Crippen LogP contribution in [0.25, 0.3) is 0 Å². The molecule has 0 aromatic heterocycles. The van der Waals surface area contributed by atoms with Gasteiger partial charge in [0.25, 0.3) is 11.4 Å². The highest BCUT2D eigenvalue weighted by Crippen LogP contribution is 2.40. The molecule has 0 saturated heterocycles. The second-order valence-corrected chi connectivity index (χ2v) is 4.46. The molecule has 1 aliphatic rings. The average Bonchev–Trinajstić information content (AvgIpc) is 2.61. The molecule has 0 spiro atoms. The first kappa shape index (κ1) is 19.9. The lowest BCUT2D eigenvalue weighted by Crippen LogP contribution is -2.26. The molecule has 0 N–H and O–H groups in total. The summed E-state index contributed by atoms with van der Waals surface area (Å²) in [5.74, 6) is 0. The van der Waals surface area contributed by atoms with E-state index in [-0.39, 0.29) is 5.01 Å². The van der Waals surface area contributed by atoms with E-state index in [0.717, 1.165) is 13.7 Å². The van der Waals surface area contributed by atoms with E-state index in [4.69, 9.17) is 4.74 Å². The van der Waals surface area contributed by atoms with Gasteiger partial charge in [0, 0.05) is 0 Å². The maximum Gasteiger partial charge on any atom is 0.312 e. The van der Waals surface area contributed by atoms with Crippen LogP contribution in [0.15, 0.2) is 36.6 Å². The lowest BCUT2D eigenvalue weighted by atomic mass is 10.2. The van der Waals surface area contributed by atoms with Gasteiger partial charge in [-0.1, -0.05) is 11.1 Å². The van der Waals surface area contributed by atoms with Crippen molar-refractivity contribution in [3.63, 3.8) is 0 Å². The fraction of sp³-hybridized carbons (Fsp3) is 0.167. The molecule has 1 aromatic rings.